The number of aliphatic hydroxyl groups excluding tert-OH is 4. The highest BCUT2D eigenvalue weighted by Crippen LogP contribution is 2.47. The van der Waals surface area contributed by atoms with Crippen molar-refractivity contribution >= 4 is 5.97 Å². The molecule has 6 saturated heterocycles. The van der Waals surface area contributed by atoms with Gasteiger partial charge in [0.2, 0.25) is 5.79 Å². The third-order valence-corrected chi connectivity index (χ3v) is 14.0. The molecular weight excluding hydrogens is 752 g/mol. The molecule has 1 unspecified atom stereocenters. The third kappa shape index (κ3) is 9.19. The maximum Gasteiger partial charge on any atom is 0.335 e. The number of fused-ring (bicyclic) bond motifs is 1. The molecule has 7 aliphatic rings. The van der Waals surface area contributed by atoms with Crippen molar-refractivity contribution in [2.24, 2.45) is 17.8 Å². The smallest absolute Gasteiger partial charge is 0.335 e. The van der Waals surface area contributed by atoms with Gasteiger partial charge in [-0.25, -0.2) is 4.79 Å². The average Bonchev–Trinajstić information content (AvgIpc) is 3.56. The molecule has 328 valence electrons. The van der Waals surface area contributed by atoms with Gasteiger partial charge >= 0.3 is 5.97 Å². The van der Waals surface area contributed by atoms with Crippen LogP contribution in [0.25, 0.3) is 0 Å². The number of hydrogen-bond donors (Lipinski definition) is 6. The van der Waals surface area contributed by atoms with Gasteiger partial charge in [0.05, 0.1) is 49.3 Å². The number of aliphatic hydroxyl groups is 5. The Morgan fingerprint density at radius 3 is 2.48 bits per heavy atom. The first kappa shape index (κ1) is 44.3. The Balaban J connectivity index is 0.920. The van der Waals surface area contributed by atoms with Gasteiger partial charge in [0.15, 0.2) is 17.2 Å². The summed E-state index contributed by atoms with van der Waals surface area (Å²) in [5.74, 6) is -4.32. The SMILES string of the molecule is C=C1[C@@H](O)[C@@H]2O[C@]3(CC[C@H](/C=C/[C@@H](C)[C@@H]4CC(C)=C[C@@]5(O[C@@H](C[C@@](C)(O)C(=O)O)CC[C@H]5O)O4)O3)CC[C@H]2O[C@@H]1[C@@H](O)C[C@H](C)[C@H]1O[C@]2(CC[C@H]1C)CC(O)CCO2. The van der Waals surface area contributed by atoms with Gasteiger partial charge in [-0.3, -0.25) is 0 Å². The van der Waals surface area contributed by atoms with Crippen molar-refractivity contribution in [1.82, 2.24) is 0 Å². The van der Waals surface area contributed by atoms with E-state index in [1.54, 1.807) is 6.08 Å². The molecule has 7 rings (SSSR count). The van der Waals surface area contributed by atoms with Crippen molar-refractivity contribution in [1.29, 1.82) is 0 Å². The van der Waals surface area contributed by atoms with Crippen LogP contribution in [0.4, 0.5) is 0 Å². The van der Waals surface area contributed by atoms with Gasteiger partial charge in [-0.05, 0) is 88.7 Å². The third-order valence-electron chi connectivity index (χ3n) is 14.0. The number of ether oxygens (including phenoxy) is 7. The van der Waals surface area contributed by atoms with Crippen LogP contribution >= 0.6 is 0 Å². The van der Waals surface area contributed by atoms with Gasteiger partial charge < -0.3 is 63.8 Å². The van der Waals surface area contributed by atoms with Gasteiger partial charge in [0.1, 0.15) is 24.4 Å². The summed E-state index contributed by atoms with van der Waals surface area (Å²) in [4.78, 5) is 11.6. The molecular formula is C44H68O14. The Hall–Kier alpha value is -1.79. The molecule has 0 aromatic heterocycles. The Morgan fingerprint density at radius 1 is 1.00 bits per heavy atom. The largest absolute Gasteiger partial charge is 0.479 e. The molecule has 58 heavy (non-hydrogen) atoms. The zero-order valence-electron chi connectivity index (χ0n) is 34.9. The molecule has 6 fully saturated rings. The molecule has 0 aromatic rings. The van der Waals surface area contributed by atoms with E-state index in [-0.39, 0.29) is 42.5 Å². The molecule has 0 amide bonds. The fourth-order valence-electron chi connectivity index (χ4n) is 10.6. The van der Waals surface area contributed by atoms with E-state index in [9.17, 15) is 35.4 Å². The van der Waals surface area contributed by atoms with E-state index < -0.39 is 77.8 Å². The molecule has 14 heteroatoms. The molecule has 7 aliphatic heterocycles. The second-order valence-electron chi connectivity index (χ2n) is 19.1. The van der Waals surface area contributed by atoms with Gasteiger partial charge in [-0.1, -0.05) is 45.1 Å². The van der Waals surface area contributed by atoms with Gasteiger partial charge in [-0.15, -0.1) is 0 Å². The van der Waals surface area contributed by atoms with Crippen molar-refractivity contribution in [2.75, 3.05) is 6.61 Å². The van der Waals surface area contributed by atoms with Crippen LogP contribution in [0.1, 0.15) is 118 Å². The van der Waals surface area contributed by atoms with Crippen LogP contribution in [0.3, 0.4) is 0 Å². The first-order valence-corrected chi connectivity index (χ1v) is 21.7. The lowest BCUT2D eigenvalue weighted by atomic mass is 9.79. The molecule has 3 spiro atoms. The topological polar surface area (TPSA) is 203 Å². The predicted octanol–water partition coefficient (Wildman–Crippen LogP) is 4.18. The van der Waals surface area contributed by atoms with Gasteiger partial charge in [0, 0.05) is 38.0 Å². The summed E-state index contributed by atoms with van der Waals surface area (Å²) in [6.45, 7) is 14.1. The summed E-state index contributed by atoms with van der Waals surface area (Å²) in [5, 5.41) is 64.4. The van der Waals surface area contributed by atoms with E-state index in [4.69, 9.17) is 33.2 Å². The van der Waals surface area contributed by atoms with Crippen molar-refractivity contribution in [3.05, 3.63) is 36.0 Å². The van der Waals surface area contributed by atoms with Crippen molar-refractivity contribution in [3.8, 4) is 0 Å². The standard InChI is InChI=1S/C44H68O14/c1-24-19-34(56-44(21-24)35(47)10-9-31(55-44)23-41(6,51)40(49)50)25(2)7-8-30-12-16-42(54-30)17-13-33-39(58-42)36(48)28(5)38(53-33)32(46)20-27(4)37-26(3)11-15-43(57-37)22-29(45)14-18-52-43/h7-8,21,25-27,29-39,45-48,51H,5,9-20,22-23H2,1-4,6H3,(H,49,50)/b8-7+/t25-,26-,27+,29?,30+,31-,32+,33-,34+,35-,36-,37+,38+,39-,41-,42-,43-,44-/m1/s1. The number of carboxylic acid groups (broad SMARTS) is 1. The molecule has 7 heterocycles. The number of hydrogen-bond acceptors (Lipinski definition) is 13. The number of aliphatic carboxylic acids is 1. The first-order valence-electron chi connectivity index (χ1n) is 21.7. The molecule has 14 nitrogen and oxygen atoms in total. The Morgan fingerprint density at radius 2 is 1.74 bits per heavy atom. The molecule has 0 aliphatic carbocycles. The lowest BCUT2D eigenvalue weighted by Crippen LogP contribution is -2.60. The minimum absolute atomic E-state index is 0.0402. The van der Waals surface area contributed by atoms with Crippen LogP contribution in [0.15, 0.2) is 36.0 Å². The quantitative estimate of drug-likeness (QED) is 0.171. The zero-order valence-corrected chi connectivity index (χ0v) is 34.9. The van der Waals surface area contributed by atoms with Crippen molar-refractivity contribution in [3.63, 3.8) is 0 Å². The average molecular weight is 821 g/mol. The maximum atomic E-state index is 11.6. The van der Waals surface area contributed by atoms with Crippen LogP contribution in [-0.4, -0.2) is 133 Å². The predicted molar refractivity (Wildman–Crippen MR) is 209 cm³/mol. The summed E-state index contributed by atoms with van der Waals surface area (Å²) in [6.07, 6.45) is 6.06. The molecule has 18 atom stereocenters. The van der Waals surface area contributed by atoms with E-state index in [0.29, 0.717) is 76.4 Å². The fourth-order valence-corrected chi connectivity index (χ4v) is 10.6. The van der Waals surface area contributed by atoms with Crippen LogP contribution in [-0.2, 0) is 38.0 Å². The van der Waals surface area contributed by atoms with Crippen LogP contribution in [0, 0.1) is 17.8 Å². The van der Waals surface area contributed by atoms with E-state index in [2.05, 4.69) is 20.4 Å². The first-order chi connectivity index (χ1) is 27.3. The summed E-state index contributed by atoms with van der Waals surface area (Å²) >= 11 is 0. The fraction of sp³-hybridized carbons (Fsp3) is 0.841. The Kier molecular flexibility index (Phi) is 13.1. The zero-order chi connectivity index (χ0) is 41.8. The Labute approximate surface area is 342 Å². The van der Waals surface area contributed by atoms with Crippen molar-refractivity contribution < 1.29 is 68.6 Å². The minimum atomic E-state index is -1.97. The monoisotopic (exact) mass is 820 g/mol. The molecule has 0 saturated carbocycles. The summed E-state index contributed by atoms with van der Waals surface area (Å²) in [5.41, 5.74) is -0.599. The lowest BCUT2D eigenvalue weighted by molar-refractivity contribution is -0.325. The molecule has 0 aromatic carbocycles. The molecule has 0 radical (unpaired) electrons. The summed E-state index contributed by atoms with van der Waals surface area (Å²) in [7, 11) is 0. The Bertz CT molecular complexity index is 1550. The van der Waals surface area contributed by atoms with Crippen LogP contribution in [0.5, 0.6) is 0 Å². The molecule has 6 N–H and O–H groups in total. The molecule has 0 bridgehead atoms. The van der Waals surface area contributed by atoms with Gasteiger partial charge in [-0.2, -0.15) is 0 Å². The van der Waals surface area contributed by atoms with E-state index in [0.717, 1.165) is 18.4 Å². The summed E-state index contributed by atoms with van der Waals surface area (Å²) < 4.78 is 45.0. The summed E-state index contributed by atoms with van der Waals surface area (Å²) in [6, 6.07) is 0. The maximum absolute atomic E-state index is 11.6. The normalized spacial score (nSPS) is 46.1. The number of carbonyl (C=O) groups is 1. The highest BCUT2D eigenvalue weighted by molar-refractivity contribution is 5.76. The van der Waals surface area contributed by atoms with Crippen LogP contribution < -0.4 is 0 Å². The minimum Gasteiger partial charge on any atom is -0.479 e. The lowest BCUT2D eigenvalue weighted by Gasteiger charge is -2.50. The van der Waals surface area contributed by atoms with E-state index in [1.807, 2.05) is 26.0 Å². The van der Waals surface area contributed by atoms with Gasteiger partial charge in [0.25, 0.3) is 0 Å². The second kappa shape index (κ2) is 17.2. The van der Waals surface area contributed by atoms with Crippen LogP contribution in [0.2, 0.25) is 0 Å². The number of rotatable bonds is 10. The second-order valence-corrected chi connectivity index (χ2v) is 19.1. The number of carboxylic acids is 1. The van der Waals surface area contributed by atoms with Crippen molar-refractivity contribution in [2.45, 2.75) is 208 Å². The highest BCUT2D eigenvalue weighted by Gasteiger charge is 2.55. The van der Waals surface area contributed by atoms with E-state index in [1.165, 1.54) is 6.92 Å². The highest BCUT2D eigenvalue weighted by atomic mass is 16.7. The van der Waals surface area contributed by atoms with E-state index >= 15 is 0 Å².